The van der Waals surface area contributed by atoms with Crippen molar-refractivity contribution in [3.63, 3.8) is 0 Å². The Hall–Kier alpha value is -1.57. The summed E-state index contributed by atoms with van der Waals surface area (Å²) in [5, 5.41) is 9.64. The van der Waals surface area contributed by atoms with E-state index in [1.54, 1.807) is 0 Å². The van der Waals surface area contributed by atoms with E-state index >= 15 is 0 Å². The first-order valence-corrected chi connectivity index (χ1v) is 9.71. The number of benzene rings is 1. The van der Waals surface area contributed by atoms with Crippen molar-refractivity contribution in [1.82, 2.24) is 0 Å². The highest BCUT2D eigenvalue weighted by Gasteiger charge is 2.71. The summed E-state index contributed by atoms with van der Waals surface area (Å²) in [6.45, 7) is 3.72. The van der Waals surface area contributed by atoms with Crippen LogP contribution in [0.25, 0.3) is 0 Å². The highest BCUT2D eigenvalue weighted by atomic mass is 16.8. The van der Waals surface area contributed by atoms with Crippen LogP contribution >= 0.6 is 0 Å². The minimum absolute atomic E-state index is 0.0183. The summed E-state index contributed by atoms with van der Waals surface area (Å²) >= 11 is 0. The predicted molar refractivity (Wildman–Crippen MR) is 90.2 cm³/mol. The van der Waals surface area contributed by atoms with Crippen molar-refractivity contribution in [1.29, 1.82) is 5.26 Å². The molecule has 130 valence electrons. The molecule has 0 N–H and O–H groups in total. The van der Waals surface area contributed by atoms with E-state index in [0.29, 0.717) is 30.6 Å². The molecule has 25 heavy (non-hydrogen) atoms. The fraction of sp³-hybridized carbons (Fsp3) is 0.667. The highest BCUT2D eigenvalue weighted by molar-refractivity contribution is 5.61. The second-order valence-corrected chi connectivity index (χ2v) is 8.66. The molecule has 0 aromatic heterocycles. The lowest BCUT2D eigenvalue weighted by atomic mass is 9.45. The van der Waals surface area contributed by atoms with Crippen LogP contribution in [-0.4, -0.2) is 25.1 Å². The number of nitrogens with zero attached hydrogens (tertiary/aromatic N) is 1. The van der Waals surface area contributed by atoms with Crippen molar-refractivity contribution in [2.45, 2.75) is 56.3 Å². The third-order valence-electron chi connectivity index (χ3n) is 7.89. The van der Waals surface area contributed by atoms with Crippen molar-refractivity contribution < 1.29 is 14.2 Å². The molecule has 0 amide bonds. The molecule has 5 unspecified atom stereocenters. The van der Waals surface area contributed by atoms with Crippen LogP contribution in [0.5, 0.6) is 5.75 Å². The number of ether oxygens (including phenoxy) is 3. The van der Waals surface area contributed by atoms with Crippen molar-refractivity contribution >= 4 is 0 Å². The van der Waals surface area contributed by atoms with Gasteiger partial charge in [-0.05, 0) is 55.1 Å². The van der Waals surface area contributed by atoms with Crippen molar-refractivity contribution in [3.05, 3.63) is 28.8 Å². The molecule has 3 fully saturated rings. The monoisotopic (exact) mass is 337 g/mol. The molecular formula is C21H23NO3. The van der Waals surface area contributed by atoms with Crippen LogP contribution in [0.15, 0.2) is 12.1 Å². The second kappa shape index (κ2) is 4.58. The normalized spacial score (nSPS) is 41.9. The van der Waals surface area contributed by atoms with Crippen molar-refractivity contribution in [2.24, 2.45) is 17.8 Å². The van der Waals surface area contributed by atoms with Gasteiger partial charge in [-0.2, -0.15) is 5.26 Å². The summed E-state index contributed by atoms with van der Waals surface area (Å²) in [5.74, 6) is 2.32. The zero-order chi connectivity index (χ0) is 16.8. The minimum Gasteiger partial charge on any atom is -0.482 e. The first-order chi connectivity index (χ1) is 12.2. The first-order valence-electron chi connectivity index (χ1n) is 9.71. The largest absolute Gasteiger partial charge is 0.482 e. The van der Waals surface area contributed by atoms with Crippen LogP contribution in [0.3, 0.4) is 0 Å². The summed E-state index contributed by atoms with van der Waals surface area (Å²) in [7, 11) is 0. The van der Waals surface area contributed by atoms with E-state index in [9.17, 15) is 5.26 Å². The van der Waals surface area contributed by atoms with Gasteiger partial charge in [-0.25, -0.2) is 0 Å². The Morgan fingerprint density at radius 2 is 2.00 bits per heavy atom. The van der Waals surface area contributed by atoms with Gasteiger partial charge in [0, 0.05) is 17.4 Å². The molecule has 1 saturated heterocycles. The molecule has 2 bridgehead atoms. The molecule has 2 spiro atoms. The lowest BCUT2D eigenvalue weighted by Gasteiger charge is -2.59. The topological polar surface area (TPSA) is 51.5 Å². The Morgan fingerprint density at radius 1 is 1.16 bits per heavy atom. The predicted octanol–water partition coefficient (Wildman–Crippen LogP) is 3.31. The van der Waals surface area contributed by atoms with E-state index < -0.39 is 5.79 Å². The fourth-order valence-electron chi connectivity index (χ4n) is 6.95. The number of hydrogen-bond donors (Lipinski definition) is 0. The van der Waals surface area contributed by atoms with E-state index in [1.165, 1.54) is 17.5 Å². The molecule has 2 heterocycles. The van der Waals surface area contributed by atoms with Crippen LogP contribution < -0.4 is 4.74 Å². The van der Waals surface area contributed by atoms with Gasteiger partial charge in [-0.3, -0.25) is 0 Å². The lowest BCUT2D eigenvalue weighted by molar-refractivity contribution is -0.261. The van der Waals surface area contributed by atoms with Crippen molar-refractivity contribution in [3.8, 4) is 11.8 Å². The molecule has 1 aromatic carbocycles. The lowest BCUT2D eigenvalue weighted by Crippen LogP contribution is -2.66. The molecule has 4 nitrogen and oxygen atoms in total. The maximum absolute atomic E-state index is 9.64. The standard InChI is InChI=1S/C21H23NO3/c1-12-4-6-20-16-5-7-21(23-8-9-24-21)19(20)25-18-14(11-22)3-2-13(17(18)20)10-15(12)16/h2-3,12,15-16,19H,4-10H2,1H3. The summed E-state index contributed by atoms with van der Waals surface area (Å²) < 4.78 is 19.0. The Bertz CT molecular complexity index is 806. The van der Waals surface area contributed by atoms with Crippen LogP contribution in [0, 0.1) is 29.1 Å². The molecule has 0 radical (unpaired) electrons. The fourth-order valence-corrected chi connectivity index (χ4v) is 6.95. The number of nitriles is 1. The second-order valence-electron chi connectivity index (χ2n) is 8.66. The van der Waals surface area contributed by atoms with Gasteiger partial charge in [0.1, 0.15) is 11.8 Å². The quantitative estimate of drug-likeness (QED) is 0.729. The van der Waals surface area contributed by atoms with Crippen LogP contribution in [0.2, 0.25) is 0 Å². The molecule has 5 atom stereocenters. The molecule has 3 aliphatic carbocycles. The van der Waals surface area contributed by atoms with Crippen LogP contribution in [0.4, 0.5) is 0 Å². The maximum atomic E-state index is 9.64. The third-order valence-corrected chi connectivity index (χ3v) is 7.89. The number of rotatable bonds is 0. The van der Waals surface area contributed by atoms with Gasteiger partial charge < -0.3 is 14.2 Å². The SMILES string of the molecule is CC1CCC23c4c5ccc(C#N)c4OC2C2(CCC3C1C5)OCCO2. The summed E-state index contributed by atoms with van der Waals surface area (Å²) in [6, 6.07) is 6.49. The van der Waals surface area contributed by atoms with Crippen LogP contribution in [0.1, 0.15) is 49.3 Å². The van der Waals surface area contributed by atoms with E-state index in [4.69, 9.17) is 14.2 Å². The van der Waals surface area contributed by atoms with Crippen molar-refractivity contribution in [2.75, 3.05) is 13.2 Å². The molecule has 4 heteroatoms. The molecule has 1 aromatic rings. The maximum Gasteiger partial charge on any atom is 0.206 e. The first kappa shape index (κ1) is 14.6. The van der Waals surface area contributed by atoms with E-state index in [1.807, 2.05) is 6.07 Å². The molecular weight excluding hydrogens is 314 g/mol. The highest BCUT2D eigenvalue weighted by Crippen LogP contribution is 2.68. The summed E-state index contributed by atoms with van der Waals surface area (Å²) in [5.41, 5.74) is 3.39. The van der Waals surface area contributed by atoms with Gasteiger partial charge in [0.15, 0.2) is 6.10 Å². The Morgan fingerprint density at radius 3 is 2.80 bits per heavy atom. The minimum atomic E-state index is -0.609. The van der Waals surface area contributed by atoms with Gasteiger partial charge in [0.25, 0.3) is 0 Å². The van der Waals surface area contributed by atoms with Gasteiger partial charge >= 0.3 is 0 Å². The smallest absolute Gasteiger partial charge is 0.206 e. The number of fused-ring (bicyclic) bond motifs is 1. The molecule has 6 rings (SSSR count). The van der Waals surface area contributed by atoms with E-state index in [-0.39, 0.29) is 11.5 Å². The summed E-state index contributed by atoms with van der Waals surface area (Å²) in [6.07, 6.45) is 5.45. The Balaban J connectivity index is 1.64. The van der Waals surface area contributed by atoms with Gasteiger partial charge in [-0.15, -0.1) is 0 Å². The van der Waals surface area contributed by atoms with Gasteiger partial charge in [0.2, 0.25) is 5.79 Å². The zero-order valence-corrected chi connectivity index (χ0v) is 14.6. The van der Waals surface area contributed by atoms with Crippen LogP contribution in [-0.2, 0) is 21.3 Å². The van der Waals surface area contributed by atoms with E-state index in [2.05, 4.69) is 19.1 Å². The average molecular weight is 337 g/mol. The zero-order valence-electron chi connectivity index (χ0n) is 14.6. The number of hydrogen-bond acceptors (Lipinski definition) is 4. The average Bonchev–Trinajstić information content (AvgIpc) is 3.23. The van der Waals surface area contributed by atoms with E-state index in [0.717, 1.165) is 37.4 Å². The Kier molecular flexibility index (Phi) is 2.67. The van der Waals surface area contributed by atoms with Gasteiger partial charge in [-0.1, -0.05) is 13.0 Å². The Labute approximate surface area is 148 Å². The molecule has 2 saturated carbocycles. The third kappa shape index (κ3) is 1.52. The van der Waals surface area contributed by atoms with Gasteiger partial charge in [0.05, 0.1) is 18.8 Å². The summed E-state index contributed by atoms with van der Waals surface area (Å²) in [4.78, 5) is 0. The molecule has 2 aliphatic heterocycles. The molecule has 5 aliphatic rings.